The molecule has 3 aromatic rings. The first-order valence-electron chi connectivity index (χ1n) is 8.27. The Morgan fingerprint density at radius 2 is 2.08 bits per heavy atom. The average molecular weight is 339 g/mol. The molecule has 0 saturated heterocycles. The van der Waals surface area contributed by atoms with Crippen LogP contribution in [0.25, 0.3) is 16.9 Å². The fourth-order valence-corrected chi connectivity index (χ4v) is 3.41. The van der Waals surface area contributed by atoms with Gasteiger partial charge in [-0.3, -0.25) is 4.98 Å². The predicted octanol–water partition coefficient (Wildman–Crippen LogP) is 4.64. The van der Waals surface area contributed by atoms with Crippen LogP contribution in [0.15, 0.2) is 42.7 Å². The van der Waals surface area contributed by atoms with Gasteiger partial charge in [-0.2, -0.15) is 5.10 Å². The zero-order valence-corrected chi connectivity index (χ0v) is 14.3. The van der Waals surface area contributed by atoms with Gasteiger partial charge in [0.05, 0.1) is 11.4 Å². The maximum absolute atomic E-state index is 6.33. The summed E-state index contributed by atoms with van der Waals surface area (Å²) in [5, 5.41) is 9.26. The van der Waals surface area contributed by atoms with Crippen molar-refractivity contribution in [2.75, 3.05) is 11.9 Å². The van der Waals surface area contributed by atoms with Crippen LogP contribution in [0.1, 0.15) is 24.0 Å². The van der Waals surface area contributed by atoms with Crippen molar-refractivity contribution in [3.63, 3.8) is 0 Å². The highest BCUT2D eigenvalue weighted by molar-refractivity contribution is 6.31. The van der Waals surface area contributed by atoms with E-state index in [2.05, 4.69) is 22.4 Å². The van der Waals surface area contributed by atoms with Crippen LogP contribution in [0.5, 0.6) is 0 Å². The van der Waals surface area contributed by atoms with Crippen molar-refractivity contribution in [3.05, 3.63) is 58.9 Å². The molecule has 1 aliphatic rings. The third kappa shape index (κ3) is 2.57. The molecule has 0 fully saturated rings. The summed E-state index contributed by atoms with van der Waals surface area (Å²) in [5.41, 5.74) is 5.37. The van der Waals surface area contributed by atoms with Crippen molar-refractivity contribution in [1.82, 2.24) is 14.8 Å². The molecular weight excluding hydrogens is 320 g/mol. The number of halogens is 1. The molecule has 1 aliphatic heterocycles. The van der Waals surface area contributed by atoms with Crippen molar-refractivity contribution in [3.8, 4) is 16.9 Å². The molecule has 2 aromatic heterocycles. The average Bonchev–Trinajstić information content (AvgIpc) is 2.79. The van der Waals surface area contributed by atoms with E-state index in [0.29, 0.717) is 0 Å². The fraction of sp³-hybridized carbons (Fsp3) is 0.263. The molecule has 24 heavy (non-hydrogen) atoms. The molecule has 4 nitrogen and oxygen atoms in total. The molecule has 1 N–H and O–H groups in total. The van der Waals surface area contributed by atoms with Crippen molar-refractivity contribution >= 4 is 17.4 Å². The number of aromatic nitrogens is 3. The van der Waals surface area contributed by atoms with Gasteiger partial charge in [-0.1, -0.05) is 17.7 Å². The standard InChI is InChI=1S/C19H19ClN4/c1-13-16(20)8-4-9-17(13)24-19-15(7-2-3-11-22-19)18(23-24)14-6-5-10-21-12-14/h4-6,8-10,12,22H,2-3,7,11H2,1H3. The summed E-state index contributed by atoms with van der Waals surface area (Å²) in [7, 11) is 0. The first-order chi connectivity index (χ1) is 11.8. The van der Waals surface area contributed by atoms with Crippen LogP contribution in [-0.2, 0) is 6.42 Å². The molecule has 0 radical (unpaired) electrons. The fourth-order valence-electron chi connectivity index (χ4n) is 3.24. The van der Waals surface area contributed by atoms with Gasteiger partial charge in [-0.15, -0.1) is 0 Å². The van der Waals surface area contributed by atoms with Crippen molar-refractivity contribution < 1.29 is 0 Å². The van der Waals surface area contributed by atoms with Gasteiger partial charge in [0.15, 0.2) is 0 Å². The van der Waals surface area contributed by atoms with Gasteiger partial charge in [0.2, 0.25) is 0 Å². The van der Waals surface area contributed by atoms with E-state index in [1.165, 1.54) is 5.56 Å². The summed E-state index contributed by atoms with van der Waals surface area (Å²) in [6.45, 7) is 3.00. The van der Waals surface area contributed by atoms with Crippen LogP contribution in [0.4, 0.5) is 5.82 Å². The predicted molar refractivity (Wildman–Crippen MR) is 98.0 cm³/mol. The lowest BCUT2D eigenvalue weighted by atomic mass is 10.1. The Labute approximate surface area is 146 Å². The minimum absolute atomic E-state index is 0.758. The number of benzene rings is 1. The summed E-state index contributed by atoms with van der Waals surface area (Å²) >= 11 is 6.33. The third-order valence-corrected chi connectivity index (χ3v) is 4.94. The summed E-state index contributed by atoms with van der Waals surface area (Å²) < 4.78 is 2.00. The van der Waals surface area contributed by atoms with E-state index in [-0.39, 0.29) is 0 Å². The SMILES string of the molecule is Cc1c(Cl)cccc1-n1nc(-c2cccnc2)c2c1NCCCC2. The van der Waals surface area contributed by atoms with E-state index in [4.69, 9.17) is 16.7 Å². The molecule has 0 spiro atoms. The molecule has 1 aromatic carbocycles. The summed E-state index contributed by atoms with van der Waals surface area (Å²) in [6, 6.07) is 9.97. The van der Waals surface area contributed by atoms with E-state index < -0.39 is 0 Å². The minimum atomic E-state index is 0.758. The smallest absolute Gasteiger partial charge is 0.133 e. The lowest BCUT2D eigenvalue weighted by Gasteiger charge is -2.12. The number of fused-ring (bicyclic) bond motifs is 1. The second kappa shape index (κ2) is 6.29. The number of nitrogens with one attached hydrogen (secondary N) is 1. The maximum Gasteiger partial charge on any atom is 0.133 e. The molecule has 0 bridgehead atoms. The molecule has 4 rings (SSSR count). The number of nitrogens with zero attached hydrogens (tertiary/aromatic N) is 3. The van der Waals surface area contributed by atoms with E-state index in [1.54, 1.807) is 6.20 Å². The molecule has 0 atom stereocenters. The normalized spacial score (nSPS) is 13.9. The van der Waals surface area contributed by atoms with Gasteiger partial charge in [0.25, 0.3) is 0 Å². The van der Waals surface area contributed by atoms with Crippen LogP contribution in [-0.4, -0.2) is 21.3 Å². The third-order valence-electron chi connectivity index (χ3n) is 4.53. The summed E-state index contributed by atoms with van der Waals surface area (Å²) in [4.78, 5) is 4.26. The van der Waals surface area contributed by atoms with Gasteiger partial charge in [-0.25, -0.2) is 4.68 Å². The van der Waals surface area contributed by atoms with Crippen LogP contribution in [0, 0.1) is 6.92 Å². The molecule has 0 amide bonds. The Morgan fingerprint density at radius 1 is 1.17 bits per heavy atom. The number of anilines is 1. The zero-order chi connectivity index (χ0) is 16.5. The Bertz CT molecular complexity index is 871. The zero-order valence-electron chi connectivity index (χ0n) is 13.6. The van der Waals surface area contributed by atoms with Crippen LogP contribution in [0.3, 0.4) is 0 Å². The number of hydrogen-bond acceptors (Lipinski definition) is 3. The second-order valence-corrected chi connectivity index (χ2v) is 6.50. The summed E-state index contributed by atoms with van der Waals surface area (Å²) in [6.07, 6.45) is 7.01. The van der Waals surface area contributed by atoms with Crippen LogP contribution >= 0.6 is 11.6 Å². The van der Waals surface area contributed by atoms with E-state index in [1.807, 2.05) is 36.0 Å². The Morgan fingerprint density at radius 3 is 2.92 bits per heavy atom. The lowest BCUT2D eigenvalue weighted by Crippen LogP contribution is -2.08. The van der Waals surface area contributed by atoms with Gasteiger partial charge < -0.3 is 5.32 Å². The molecule has 0 saturated carbocycles. The van der Waals surface area contributed by atoms with Crippen LogP contribution in [0.2, 0.25) is 5.02 Å². The van der Waals surface area contributed by atoms with Crippen LogP contribution < -0.4 is 5.32 Å². The highest BCUT2D eigenvalue weighted by Crippen LogP contribution is 2.35. The molecule has 0 aliphatic carbocycles. The number of hydrogen-bond donors (Lipinski definition) is 1. The Hall–Kier alpha value is -2.33. The monoisotopic (exact) mass is 338 g/mol. The molecule has 5 heteroatoms. The van der Waals surface area contributed by atoms with Gasteiger partial charge in [-0.05, 0) is 56.0 Å². The lowest BCUT2D eigenvalue weighted by molar-refractivity contribution is 0.779. The van der Waals surface area contributed by atoms with Gasteiger partial charge in [0.1, 0.15) is 5.82 Å². The number of rotatable bonds is 2. The minimum Gasteiger partial charge on any atom is -0.370 e. The largest absolute Gasteiger partial charge is 0.370 e. The number of pyridine rings is 1. The van der Waals surface area contributed by atoms with Crippen molar-refractivity contribution in [1.29, 1.82) is 0 Å². The second-order valence-electron chi connectivity index (χ2n) is 6.10. The van der Waals surface area contributed by atoms with Gasteiger partial charge >= 0.3 is 0 Å². The van der Waals surface area contributed by atoms with E-state index in [9.17, 15) is 0 Å². The summed E-state index contributed by atoms with van der Waals surface area (Å²) in [5.74, 6) is 1.08. The molecule has 0 unspecified atom stereocenters. The highest BCUT2D eigenvalue weighted by atomic mass is 35.5. The first kappa shape index (κ1) is 15.2. The topological polar surface area (TPSA) is 42.7 Å². The first-order valence-corrected chi connectivity index (χ1v) is 8.65. The molecule has 122 valence electrons. The molecular formula is C19H19ClN4. The van der Waals surface area contributed by atoms with Crippen molar-refractivity contribution in [2.45, 2.75) is 26.2 Å². The maximum atomic E-state index is 6.33. The van der Waals surface area contributed by atoms with Crippen molar-refractivity contribution in [2.24, 2.45) is 0 Å². The Kier molecular flexibility index (Phi) is 3.98. The van der Waals surface area contributed by atoms with E-state index in [0.717, 1.165) is 59.2 Å². The van der Waals surface area contributed by atoms with Gasteiger partial charge in [0, 0.05) is 35.1 Å². The quantitative estimate of drug-likeness (QED) is 0.740. The molecule has 3 heterocycles. The highest BCUT2D eigenvalue weighted by Gasteiger charge is 2.22. The van der Waals surface area contributed by atoms with E-state index >= 15 is 0 Å². The Balaban J connectivity index is 1.95.